The topological polar surface area (TPSA) is 28.2 Å². The van der Waals surface area contributed by atoms with E-state index in [0.717, 1.165) is 21.4 Å². The second-order valence-corrected chi connectivity index (χ2v) is 5.63. The second kappa shape index (κ2) is 5.59. The molecular weight excluding hydrogens is 266 g/mol. The monoisotopic (exact) mass is 281 g/mol. The largest absolute Gasteiger partial charge is 0.376 e. The van der Waals surface area contributed by atoms with Crippen molar-refractivity contribution in [2.45, 2.75) is 13.0 Å². The zero-order chi connectivity index (χ0) is 13.1. The summed E-state index contributed by atoms with van der Waals surface area (Å²) in [4.78, 5) is 6.29. The number of hydrogen-bond donors (Lipinski definition) is 1. The molecule has 0 saturated heterocycles. The Labute approximate surface area is 116 Å². The zero-order valence-corrected chi connectivity index (χ0v) is 12.2. The first-order valence-corrected chi connectivity index (χ1v) is 6.96. The molecule has 0 saturated carbocycles. The fraction of sp³-hybridized carbons (Fsp3) is 0.308. The van der Waals surface area contributed by atoms with E-state index in [2.05, 4.69) is 17.2 Å². The minimum absolute atomic E-state index is 0.186. The Bertz CT molecular complexity index is 511. The molecule has 2 aromatic rings. The predicted octanol–water partition coefficient (Wildman–Crippen LogP) is 4.04. The molecule has 0 bridgehead atoms. The lowest BCUT2D eigenvalue weighted by atomic mass is 10.2. The fourth-order valence-electron chi connectivity index (χ4n) is 1.72. The van der Waals surface area contributed by atoms with E-state index in [0.29, 0.717) is 0 Å². The Morgan fingerprint density at radius 2 is 2.17 bits per heavy atom. The van der Waals surface area contributed by atoms with Gasteiger partial charge in [0.2, 0.25) is 0 Å². The maximum Gasteiger partial charge on any atom is 0.115 e. The van der Waals surface area contributed by atoms with Crippen molar-refractivity contribution >= 4 is 34.3 Å². The lowest BCUT2D eigenvalue weighted by Crippen LogP contribution is -2.10. The van der Waals surface area contributed by atoms with Gasteiger partial charge in [0.05, 0.1) is 16.8 Å². The van der Waals surface area contributed by atoms with E-state index in [1.807, 2.05) is 48.8 Å². The summed E-state index contributed by atoms with van der Waals surface area (Å²) in [5, 5.41) is 7.20. The van der Waals surface area contributed by atoms with E-state index < -0.39 is 0 Å². The minimum atomic E-state index is 0.186. The number of nitrogens with one attached hydrogen (secondary N) is 1. The third-order valence-corrected chi connectivity index (χ3v) is 3.90. The molecule has 0 spiro atoms. The van der Waals surface area contributed by atoms with E-state index in [1.165, 1.54) is 0 Å². The minimum Gasteiger partial charge on any atom is -0.376 e. The first kappa shape index (κ1) is 13.2. The van der Waals surface area contributed by atoms with Gasteiger partial charge in [0.15, 0.2) is 0 Å². The Hall–Kier alpha value is -1.26. The number of nitrogens with zero attached hydrogens (tertiary/aromatic N) is 2. The summed E-state index contributed by atoms with van der Waals surface area (Å²) in [6.45, 7) is 2.09. The van der Waals surface area contributed by atoms with Gasteiger partial charge < -0.3 is 10.2 Å². The standard InChI is InChI=1S/C13H16ClN3S/c1-9(13-15-6-7-18-13)16-10-4-5-12(17(2)3)11(14)8-10/h4-9,16H,1-3H3. The molecule has 1 heterocycles. The number of rotatable bonds is 4. The molecular formula is C13H16ClN3S. The molecule has 0 aliphatic rings. The number of thiazole rings is 1. The van der Waals surface area contributed by atoms with Crippen LogP contribution in [0.25, 0.3) is 0 Å². The van der Waals surface area contributed by atoms with Crippen LogP contribution in [0.2, 0.25) is 5.02 Å². The van der Waals surface area contributed by atoms with Crippen molar-refractivity contribution in [3.63, 3.8) is 0 Å². The predicted molar refractivity (Wildman–Crippen MR) is 79.9 cm³/mol. The fourth-order valence-corrected chi connectivity index (χ4v) is 2.71. The number of hydrogen-bond acceptors (Lipinski definition) is 4. The molecule has 5 heteroatoms. The summed E-state index contributed by atoms with van der Waals surface area (Å²) < 4.78 is 0. The smallest absolute Gasteiger partial charge is 0.115 e. The SMILES string of the molecule is CC(Nc1ccc(N(C)C)c(Cl)c1)c1nccs1. The van der Waals surface area contributed by atoms with Gasteiger partial charge in [-0.1, -0.05) is 11.6 Å². The summed E-state index contributed by atoms with van der Waals surface area (Å²) in [5.41, 5.74) is 2.03. The third kappa shape index (κ3) is 2.94. The number of halogens is 1. The van der Waals surface area contributed by atoms with Gasteiger partial charge in [-0.25, -0.2) is 4.98 Å². The van der Waals surface area contributed by atoms with Gasteiger partial charge in [-0.05, 0) is 25.1 Å². The number of anilines is 2. The van der Waals surface area contributed by atoms with Crippen molar-refractivity contribution in [3.8, 4) is 0 Å². The second-order valence-electron chi connectivity index (χ2n) is 4.30. The van der Waals surface area contributed by atoms with Crippen molar-refractivity contribution in [1.82, 2.24) is 4.98 Å². The van der Waals surface area contributed by atoms with Crippen LogP contribution in [0.15, 0.2) is 29.8 Å². The highest BCUT2D eigenvalue weighted by molar-refractivity contribution is 7.09. The van der Waals surface area contributed by atoms with Crippen LogP contribution in [0.1, 0.15) is 18.0 Å². The highest BCUT2D eigenvalue weighted by Gasteiger charge is 2.09. The lowest BCUT2D eigenvalue weighted by molar-refractivity contribution is 0.870. The van der Waals surface area contributed by atoms with Crippen molar-refractivity contribution in [1.29, 1.82) is 0 Å². The van der Waals surface area contributed by atoms with E-state index in [1.54, 1.807) is 11.3 Å². The summed E-state index contributed by atoms with van der Waals surface area (Å²) in [6.07, 6.45) is 1.82. The van der Waals surface area contributed by atoms with Gasteiger partial charge in [0, 0.05) is 31.4 Å². The summed E-state index contributed by atoms with van der Waals surface area (Å²) >= 11 is 7.89. The van der Waals surface area contributed by atoms with Crippen LogP contribution in [-0.2, 0) is 0 Å². The zero-order valence-electron chi connectivity index (χ0n) is 10.6. The van der Waals surface area contributed by atoms with Crippen LogP contribution in [-0.4, -0.2) is 19.1 Å². The molecule has 0 fully saturated rings. The molecule has 2 rings (SSSR count). The van der Waals surface area contributed by atoms with E-state index in [4.69, 9.17) is 11.6 Å². The normalized spacial score (nSPS) is 12.2. The maximum absolute atomic E-state index is 6.24. The molecule has 0 radical (unpaired) electrons. The van der Waals surface area contributed by atoms with Crippen molar-refractivity contribution < 1.29 is 0 Å². The molecule has 1 aromatic carbocycles. The first-order chi connectivity index (χ1) is 8.58. The van der Waals surface area contributed by atoms with Gasteiger partial charge in [-0.15, -0.1) is 11.3 Å². The average Bonchev–Trinajstić information content (AvgIpc) is 2.81. The Morgan fingerprint density at radius 3 is 2.72 bits per heavy atom. The first-order valence-electron chi connectivity index (χ1n) is 5.70. The molecule has 1 atom stereocenters. The summed E-state index contributed by atoms with van der Waals surface area (Å²) in [6, 6.07) is 6.18. The molecule has 96 valence electrons. The van der Waals surface area contributed by atoms with Crippen LogP contribution < -0.4 is 10.2 Å². The van der Waals surface area contributed by atoms with Crippen molar-refractivity contribution in [2.75, 3.05) is 24.3 Å². The molecule has 1 unspecified atom stereocenters. The number of benzene rings is 1. The third-order valence-electron chi connectivity index (χ3n) is 2.63. The summed E-state index contributed by atoms with van der Waals surface area (Å²) in [5.74, 6) is 0. The van der Waals surface area contributed by atoms with Gasteiger partial charge in [0.1, 0.15) is 5.01 Å². The Kier molecular flexibility index (Phi) is 4.09. The quantitative estimate of drug-likeness (QED) is 0.917. The molecule has 1 N–H and O–H groups in total. The van der Waals surface area contributed by atoms with Crippen LogP contribution >= 0.6 is 22.9 Å². The Balaban J connectivity index is 2.13. The van der Waals surface area contributed by atoms with Crippen LogP contribution in [0.5, 0.6) is 0 Å². The molecule has 0 amide bonds. The van der Waals surface area contributed by atoms with Crippen molar-refractivity contribution in [3.05, 3.63) is 39.8 Å². The van der Waals surface area contributed by atoms with Crippen LogP contribution in [0, 0.1) is 0 Å². The Morgan fingerprint density at radius 1 is 1.39 bits per heavy atom. The highest BCUT2D eigenvalue weighted by Crippen LogP contribution is 2.29. The van der Waals surface area contributed by atoms with Crippen LogP contribution in [0.4, 0.5) is 11.4 Å². The van der Waals surface area contributed by atoms with E-state index in [-0.39, 0.29) is 6.04 Å². The van der Waals surface area contributed by atoms with Gasteiger partial charge in [-0.3, -0.25) is 0 Å². The molecule has 3 nitrogen and oxygen atoms in total. The molecule has 18 heavy (non-hydrogen) atoms. The van der Waals surface area contributed by atoms with Gasteiger partial charge in [-0.2, -0.15) is 0 Å². The van der Waals surface area contributed by atoms with E-state index >= 15 is 0 Å². The average molecular weight is 282 g/mol. The van der Waals surface area contributed by atoms with E-state index in [9.17, 15) is 0 Å². The number of aromatic nitrogens is 1. The van der Waals surface area contributed by atoms with Crippen molar-refractivity contribution in [2.24, 2.45) is 0 Å². The molecule has 1 aromatic heterocycles. The highest BCUT2D eigenvalue weighted by atomic mass is 35.5. The molecule has 0 aliphatic heterocycles. The maximum atomic E-state index is 6.24. The summed E-state index contributed by atoms with van der Waals surface area (Å²) in [7, 11) is 3.96. The lowest BCUT2D eigenvalue weighted by Gasteiger charge is -2.17. The molecule has 0 aliphatic carbocycles. The van der Waals surface area contributed by atoms with Gasteiger partial charge >= 0.3 is 0 Å². The van der Waals surface area contributed by atoms with Crippen LogP contribution in [0.3, 0.4) is 0 Å². The van der Waals surface area contributed by atoms with Gasteiger partial charge in [0.25, 0.3) is 0 Å².